The molecule has 1 aromatic heterocycles. The molecule has 0 radical (unpaired) electrons. The minimum absolute atomic E-state index is 0.776. The number of pyridine rings is 1. The predicted molar refractivity (Wildman–Crippen MR) is 83.6 cm³/mol. The topological polar surface area (TPSA) is 28.2 Å². The van der Waals surface area contributed by atoms with Crippen molar-refractivity contribution in [1.82, 2.24) is 15.2 Å². The lowest BCUT2D eigenvalue weighted by atomic mass is 10.2. The van der Waals surface area contributed by atoms with E-state index in [9.17, 15) is 0 Å². The highest BCUT2D eigenvalue weighted by atomic mass is 35.5. The minimum atomic E-state index is 0.776. The van der Waals surface area contributed by atoms with Gasteiger partial charge in [0.15, 0.2) is 0 Å². The number of hydrogen-bond acceptors (Lipinski definition) is 3. The largest absolute Gasteiger partial charge is 0.314 e. The molecule has 0 aliphatic heterocycles. The van der Waals surface area contributed by atoms with E-state index in [0.717, 1.165) is 36.0 Å². The molecule has 0 aliphatic rings. The Balaban J connectivity index is 1.95. The summed E-state index contributed by atoms with van der Waals surface area (Å²) in [7, 11) is 4.03. The fraction of sp³-hybridized carbons (Fsp3) is 0.312. The molecule has 0 atom stereocenters. The van der Waals surface area contributed by atoms with Crippen molar-refractivity contribution in [3.05, 3.63) is 64.4 Å². The Kier molecular flexibility index (Phi) is 5.53. The lowest BCUT2D eigenvalue weighted by Crippen LogP contribution is -2.18. The lowest BCUT2D eigenvalue weighted by Gasteiger charge is -2.16. The second kappa shape index (κ2) is 7.39. The van der Waals surface area contributed by atoms with Crippen molar-refractivity contribution in [2.45, 2.75) is 19.6 Å². The van der Waals surface area contributed by atoms with Gasteiger partial charge < -0.3 is 5.32 Å². The van der Waals surface area contributed by atoms with E-state index in [-0.39, 0.29) is 0 Å². The Morgan fingerprint density at radius 1 is 1.05 bits per heavy atom. The summed E-state index contributed by atoms with van der Waals surface area (Å²) in [4.78, 5) is 6.88. The molecule has 1 aromatic carbocycles. The Hall–Kier alpha value is -1.42. The summed E-state index contributed by atoms with van der Waals surface area (Å²) in [6, 6.07) is 14.1. The van der Waals surface area contributed by atoms with E-state index < -0.39 is 0 Å². The van der Waals surface area contributed by atoms with Gasteiger partial charge in [0.25, 0.3) is 0 Å². The molecular formula is C16H20ClN3. The molecule has 3 nitrogen and oxygen atoms in total. The Morgan fingerprint density at radius 2 is 1.75 bits per heavy atom. The van der Waals surface area contributed by atoms with Crippen LogP contribution >= 0.6 is 11.6 Å². The molecule has 0 aliphatic carbocycles. The van der Waals surface area contributed by atoms with Gasteiger partial charge in [-0.15, -0.1) is 0 Å². The van der Waals surface area contributed by atoms with Crippen LogP contribution in [0.15, 0.2) is 42.5 Å². The molecule has 0 amide bonds. The van der Waals surface area contributed by atoms with Crippen LogP contribution in [0.1, 0.15) is 17.0 Å². The number of aromatic nitrogens is 1. The number of hydrogen-bond donors (Lipinski definition) is 1. The van der Waals surface area contributed by atoms with Crippen LogP contribution in [-0.4, -0.2) is 24.0 Å². The highest BCUT2D eigenvalue weighted by Gasteiger charge is 2.04. The highest BCUT2D eigenvalue weighted by Crippen LogP contribution is 2.12. The van der Waals surface area contributed by atoms with E-state index in [4.69, 9.17) is 11.6 Å². The number of nitrogens with zero attached hydrogens (tertiary/aromatic N) is 2. The maximum atomic E-state index is 5.90. The number of rotatable bonds is 6. The van der Waals surface area contributed by atoms with Gasteiger partial charge in [0.1, 0.15) is 0 Å². The van der Waals surface area contributed by atoms with Crippen molar-refractivity contribution < 1.29 is 0 Å². The van der Waals surface area contributed by atoms with Gasteiger partial charge in [0.05, 0.1) is 11.4 Å². The van der Waals surface area contributed by atoms with Gasteiger partial charge in [0.2, 0.25) is 0 Å². The lowest BCUT2D eigenvalue weighted by molar-refractivity contribution is 0.315. The Labute approximate surface area is 125 Å². The molecule has 0 bridgehead atoms. The zero-order chi connectivity index (χ0) is 14.4. The quantitative estimate of drug-likeness (QED) is 0.886. The van der Waals surface area contributed by atoms with Crippen LogP contribution in [0, 0.1) is 0 Å². The van der Waals surface area contributed by atoms with E-state index >= 15 is 0 Å². The molecule has 106 valence electrons. The predicted octanol–water partition coefficient (Wildman–Crippen LogP) is 3.09. The average Bonchev–Trinajstić information content (AvgIpc) is 2.42. The number of halogens is 1. The maximum Gasteiger partial charge on any atom is 0.0547 e. The normalized spacial score (nSPS) is 11.0. The van der Waals surface area contributed by atoms with Crippen molar-refractivity contribution in [3.63, 3.8) is 0 Å². The van der Waals surface area contributed by atoms with Crippen LogP contribution in [0.3, 0.4) is 0 Å². The first kappa shape index (κ1) is 15.0. The molecular weight excluding hydrogens is 270 g/mol. The summed E-state index contributed by atoms with van der Waals surface area (Å²) >= 11 is 5.90. The van der Waals surface area contributed by atoms with E-state index in [2.05, 4.69) is 46.5 Å². The summed E-state index contributed by atoms with van der Waals surface area (Å²) in [5, 5.41) is 3.90. The molecule has 20 heavy (non-hydrogen) atoms. The summed E-state index contributed by atoms with van der Waals surface area (Å²) in [6.45, 7) is 2.52. The molecule has 0 unspecified atom stereocenters. The van der Waals surface area contributed by atoms with Gasteiger partial charge in [-0.1, -0.05) is 29.8 Å². The van der Waals surface area contributed by atoms with Crippen LogP contribution in [0.4, 0.5) is 0 Å². The first-order valence-corrected chi connectivity index (χ1v) is 7.07. The average molecular weight is 290 g/mol. The van der Waals surface area contributed by atoms with Gasteiger partial charge >= 0.3 is 0 Å². The first-order valence-electron chi connectivity index (χ1n) is 6.70. The van der Waals surface area contributed by atoms with Crippen LogP contribution in [0.5, 0.6) is 0 Å². The molecule has 2 rings (SSSR count). The maximum absolute atomic E-state index is 5.90. The summed E-state index contributed by atoms with van der Waals surface area (Å²) in [6.07, 6.45) is 0. The van der Waals surface area contributed by atoms with E-state index in [1.807, 2.05) is 25.2 Å². The third-order valence-corrected chi connectivity index (χ3v) is 3.27. The molecule has 0 saturated heterocycles. The zero-order valence-corrected chi connectivity index (χ0v) is 12.7. The highest BCUT2D eigenvalue weighted by molar-refractivity contribution is 6.30. The van der Waals surface area contributed by atoms with Gasteiger partial charge in [-0.25, -0.2) is 0 Å². The van der Waals surface area contributed by atoms with Gasteiger partial charge in [-0.2, -0.15) is 0 Å². The van der Waals surface area contributed by atoms with E-state index in [1.165, 1.54) is 5.56 Å². The van der Waals surface area contributed by atoms with Gasteiger partial charge in [-0.05, 0) is 43.9 Å². The fourth-order valence-electron chi connectivity index (χ4n) is 2.13. The number of nitrogens with one attached hydrogen (secondary N) is 1. The van der Waals surface area contributed by atoms with Crippen molar-refractivity contribution in [3.8, 4) is 0 Å². The SMILES string of the molecule is CNCc1cccc(CN(C)Cc2ccc(Cl)cc2)n1. The second-order valence-electron chi connectivity index (χ2n) is 4.95. The third-order valence-electron chi connectivity index (χ3n) is 3.02. The molecule has 1 heterocycles. The third kappa shape index (κ3) is 4.60. The molecule has 4 heteroatoms. The fourth-order valence-corrected chi connectivity index (χ4v) is 2.26. The summed E-state index contributed by atoms with van der Waals surface area (Å²) in [5.41, 5.74) is 3.42. The monoisotopic (exact) mass is 289 g/mol. The van der Waals surface area contributed by atoms with Gasteiger partial charge in [0, 0.05) is 24.7 Å². The first-order chi connectivity index (χ1) is 9.67. The number of benzene rings is 1. The van der Waals surface area contributed by atoms with Gasteiger partial charge in [-0.3, -0.25) is 9.88 Å². The van der Waals surface area contributed by atoms with E-state index in [0.29, 0.717) is 0 Å². The molecule has 0 saturated carbocycles. The van der Waals surface area contributed by atoms with E-state index in [1.54, 1.807) is 0 Å². The smallest absolute Gasteiger partial charge is 0.0547 e. The van der Waals surface area contributed by atoms with Crippen LogP contribution in [0.25, 0.3) is 0 Å². The molecule has 1 N–H and O–H groups in total. The standard InChI is InChI=1S/C16H20ClN3/c1-18-10-15-4-3-5-16(19-15)12-20(2)11-13-6-8-14(17)9-7-13/h3-9,18H,10-12H2,1-2H3. The van der Waals surface area contributed by atoms with Crippen LogP contribution < -0.4 is 5.32 Å². The van der Waals surface area contributed by atoms with Crippen LogP contribution in [0.2, 0.25) is 5.02 Å². The summed E-state index contributed by atoms with van der Waals surface area (Å²) < 4.78 is 0. The van der Waals surface area contributed by atoms with Crippen molar-refractivity contribution >= 4 is 11.6 Å². The van der Waals surface area contributed by atoms with Crippen molar-refractivity contribution in [2.75, 3.05) is 14.1 Å². The second-order valence-corrected chi connectivity index (χ2v) is 5.39. The zero-order valence-electron chi connectivity index (χ0n) is 11.9. The van der Waals surface area contributed by atoms with Crippen LogP contribution in [-0.2, 0) is 19.6 Å². The Morgan fingerprint density at radius 3 is 2.45 bits per heavy atom. The van der Waals surface area contributed by atoms with Crippen molar-refractivity contribution in [2.24, 2.45) is 0 Å². The molecule has 2 aromatic rings. The Bertz CT molecular complexity index is 540. The summed E-state index contributed by atoms with van der Waals surface area (Å²) in [5.74, 6) is 0. The molecule has 0 fully saturated rings. The van der Waals surface area contributed by atoms with Crippen molar-refractivity contribution in [1.29, 1.82) is 0 Å². The minimum Gasteiger partial charge on any atom is -0.314 e. The molecule has 0 spiro atoms.